The Hall–Kier alpha value is -2.44. The third kappa shape index (κ3) is 7.43. The van der Waals surface area contributed by atoms with E-state index in [2.05, 4.69) is 17.3 Å². The number of likely N-dealkylation sites (N-methyl/N-ethyl adjacent to an activating group) is 1. The van der Waals surface area contributed by atoms with Crippen LogP contribution in [0.2, 0.25) is 0 Å². The van der Waals surface area contributed by atoms with E-state index >= 15 is 0 Å². The van der Waals surface area contributed by atoms with E-state index in [1.54, 1.807) is 12.1 Å². The lowest BCUT2D eigenvalue weighted by molar-refractivity contribution is -0.121. The van der Waals surface area contributed by atoms with Gasteiger partial charge in [-0.15, -0.1) is 0 Å². The van der Waals surface area contributed by atoms with Crippen molar-refractivity contribution >= 4 is 5.91 Å². The second-order valence-corrected chi connectivity index (χ2v) is 7.72. The van der Waals surface area contributed by atoms with Gasteiger partial charge in [0.05, 0.1) is 0 Å². The highest BCUT2D eigenvalue weighted by Gasteiger charge is 2.17. The third-order valence-electron chi connectivity index (χ3n) is 5.47. The molecule has 5 nitrogen and oxygen atoms in total. The van der Waals surface area contributed by atoms with Crippen molar-refractivity contribution in [2.45, 2.75) is 38.3 Å². The van der Waals surface area contributed by atoms with Crippen LogP contribution in [0.4, 0.5) is 4.39 Å². The Bertz CT molecular complexity index is 791. The summed E-state index contributed by atoms with van der Waals surface area (Å²) in [5.74, 6) is 0.526. The minimum Gasteiger partial charge on any atom is -0.492 e. The van der Waals surface area contributed by atoms with Gasteiger partial charge >= 0.3 is 0 Å². The molecule has 0 atom stereocenters. The van der Waals surface area contributed by atoms with E-state index in [0.717, 1.165) is 49.5 Å². The van der Waals surface area contributed by atoms with Crippen molar-refractivity contribution in [2.75, 3.05) is 33.4 Å². The standard InChI is InChI=1S/C24H31FN2O3/c1-27(22-11-14-29-15-12-22)13-16-30-23-4-2-3-20(17-23)18-26-24(28)10-7-19-5-8-21(25)9-6-19/h2-6,8-9,17,22H,7,10-16,18H2,1H3,(H,26,28). The van der Waals surface area contributed by atoms with Gasteiger partial charge in [0, 0.05) is 38.8 Å². The Morgan fingerprint density at radius 1 is 1.17 bits per heavy atom. The van der Waals surface area contributed by atoms with Crippen LogP contribution in [-0.4, -0.2) is 50.3 Å². The highest BCUT2D eigenvalue weighted by molar-refractivity contribution is 5.76. The predicted molar refractivity (Wildman–Crippen MR) is 115 cm³/mol. The number of carbonyl (C=O) groups excluding carboxylic acids is 1. The summed E-state index contributed by atoms with van der Waals surface area (Å²) in [6, 6.07) is 14.6. The zero-order valence-electron chi connectivity index (χ0n) is 17.6. The number of nitrogens with one attached hydrogen (secondary N) is 1. The van der Waals surface area contributed by atoms with Gasteiger partial charge in [-0.2, -0.15) is 0 Å². The lowest BCUT2D eigenvalue weighted by Crippen LogP contribution is -2.38. The van der Waals surface area contributed by atoms with Crippen LogP contribution in [0.3, 0.4) is 0 Å². The number of aryl methyl sites for hydroxylation is 1. The average molecular weight is 415 g/mol. The first-order valence-electron chi connectivity index (χ1n) is 10.6. The van der Waals surface area contributed by atoms with Crippen molar-refractivity contribution in [1.82, 2.24) is 10.2 Å². The zero-order chi connectivity index (χ0) is 21.2. The Morgan fingerprint density at radius 2 is 1.93 bits per heavy atom. The number of hydrogen-bond donors (Lipinski definition) is 1. The average Bonchev–Trinajstić information content (AvgIpc) is 2.78. The smallest absolute Gasteiger partial charge is 0.220 e. The van der Waals surface area contributed by atoms with Gasteiger partial charge in [0.15, 0.2) is 0 Å². The van der Waals surface area contributed by atoms with Gasteiger partial charge in [0.2, 0.25) is 5.91 Å². The first kappa shape index (κ1) is 22.2. The van der Waals surface area contributed by atoms with Crippen LogP contribution in [0.15, 0.2) is 48.5 Å². The summed E-state index contributed by atoms with van der Waals surface area (Å²) < 4.78 is 24.3. The number of rotatable bonds is 10. The first-order valence-corrected chi connectivity index (χ1v) is 10.6. The molecule has 1 heterocycles. The van der Waals surface area contributed by atoms with Gasteiger partial charge in [0.1, 0.15) is 18.2 Å². The lowest BCUT2D eigenvalue weighted by atomic mass is 10.1. The van der Waals surface area contributed by atoms with Crippen LogP contribution in [0.25, 0.3) is 0 Å². The highest BCUT2D eigenvalue weighted by Crippen LogP contribution is 2.15. The molecule has 162 valence electrons. The van der Waals surface area contributed by atoms with Gasteiger partial charge in [-0.25, -0.2) is 4.39 Å². The summed E-state index contributed by atoms with van der Waals surface area (Å²) in [4.78, 5) is 14.4. The van der Waals surface area contributed by atoms with E-state index in [1.165, 1.54) is 12.1 Å². The molecule has 1 amide bonds. The number of nitrogens with zero attached hydrogens (tertiary/aromatic N) is 1. The monoisotopic (exact) mass is 414 g/mol. The fourth-order valence-corrected chi connectivity index (χ4v) is 3.56. The first-order chi connectivity index (χ1) is 14.6. The van der Waals surface area contributed by atoms with Crippen molar-refractivity contribution in [3.05, 3.63) is 65.5 Å². The van der Waals surface area contributed by atoms with Crippen molar-refractivity contribution in [2.24, 2.45) is 0 Å². The van der Waals surface area contributed by atoms with Crippen LogP contribution >= 0.6 is 0 Å². The lowest BCUT2D eigenvalue weighted by Gasteiger charge is -2.31. The molecule has 1 N–H and O–H groups in total. The summed E-state index contributed by atoms with van der Waals surface area (Å²) in [5, 5.41) is 2.94. The molecule has 2 aromatic carbocycles. The highest BCUT2D eigenvalue weighted by atomic mass is 19.1. The molecule has 0 aromatic heterocycles. The van der Waals surface area contributed by atoms with Gasteiger partial charge in [-0.05, 0) is 61.7 Å². The molecule has 1 aliphatic rings. The largest absolute Gasteiger partial charge is 0.492 e. The normalized spacial score (nSPS) is 14.6. The van der Waals surface area contributed by atoms with Crippen LogP contribution in [0.5, 0.6) is 5.75 Å². The minimum atomic E-state index is -0.263. The fraction of sp³-hybridized carbons (Fsp3) is 0.458. The van der Waals surface area contributed by atoms with Crippen LogP contribution in [-0.2, 0) is 22.5 Å². The fourth-order valence-electron chi connectivity index (χ4n) is 3.56. The second-order valence-electron chi connectivity index (χ2n) is 7.72. The number of amides is 1. The van der Waals surface area contributed by atoms with E-state index in [-0.39, 0.29) is 11.7 Å². The summed E-state index contributed by atoms with van der Waals surface area (Å²) in [6.07, 6.45) is 3.12. The molecule has 0 saturated carbocycles. The van der Waals surface area contributed by atoms with Gasteiger partial charge < -0.3 is 14.8 Å². The van der Waals surface area contributed by atoms with Crippen LogP contribution in [0.1, 0.15) is 30.4 Å². The molecule has 0 spiro atoms. The molecular weight excluding hydrogens is 383 g/mol. The van der Waals surface area contributed by atoms with Gasteiger partial charge in [-0.1, -0.05) is 24.3 Å². The van der Waals surface area contributed by atoms with E-state index in [1.807, 2.05) is 24.3 Å². The van der Waals surface area contributed by atoms with E-state index < -0.39 is 0 Å². The van der Waals surface area contributed by atoms with Crippen molar-refractivity contribution < 1.29 is 18.7 Å². The predicted octanol–water partition coefficient (Wildman–Crippen LogP) is 3.56. The van der Waals surface area contributed by atoms with E-state index in [4.69, 9.17) is 9.47 Å². The molecule has 3 rings (SSSR count). The van der Waals surface area contributed by atoms with Gasteiger partial charge in [0.25, 0.3) is 0 Å². The summed E-state index contributed by atoms with van der Waals surface area (Å²) in [5.41, 5.74) is 1.95. The van der Waals surface area contributed by atoms with Crippen LogP contribution < -0.4 is 10.1 Å². The zero-order valence-corrected chi connectivity index (χ0v) is 17.6. The van der Waals surface area contributed by atoms with Crippen molar-refractivity contribution in [1.29, 1.82) is 0 Å². The maximum Gasteiger partial charge on any atom is 0.220 e. The Kier molecular flexibility index (Phi) is 8.66. The molecule has 0 bridgehead atoms. The number of benzene rings is 2. The Balaban J connectivity index is 1.37. The molecule has 1 fully saturated rings. The maximum absolute atomic E-state index is 12.9. The molecule has 0 unspecified atom stereocenters. The number of hydrogen-bond acceptors (Lipinski definition) is 4. The molecule has 30 heavy (non-hydrogen) atoms. The topological polar surface area (TPSA) is 50.8 Å². The molecule has 1 aliphatic heterocycles. The van der Waals surface area contributed by atoms with Crippen molar-refractivity contribution in [3.8, 4) is 5.75 Å². The molecule has 2 aromatic rings. The van der Waals surface area contributed by atoms with Gasteiger partial charge in [-0.3, -0.25) is 9.69 Å². The Morgan fingerprint density at radius 3 is 2.70 bits per heavy atom. The summed E-state index contributed by atoms with van der Waals surface area (Å²) >= 11 is 0. The Labute approximate surface area is 178 Å². The number of ether oxygens (including phenoxy) is 2. The molecule has 0 aliphatic carbocycles. The minimum absolute atomic E-state index is 0.0243. The van der Waals surface area contributed by atoms with Crippen LogP contribution in [0, 0.1) is 5.82 Å². The number of halogens is 1. The SMILES string of the molecule is CN(CCOc1cccc(CNC(=O)CCc2ccc(F)cc2)c1)C1CCOCC1. The number of carbonyl (C=O) groups is 1. The third-order valence-corrected chi connectivity index (χ3v) is 5.47. The molecular formula is C24H31FN2O3. The second kappa shape index (κ2) is 11.7. The summed E-state index contributed by atoms with van der Waals surface area (Å²) in [7, 11) is 2.14. The van der Waals surface area contributed by atoms with Crippen molar-refractivity contribution in [3.63, 3.8) is 0 Å². The van der Waals surface area contributed by atoms with E-state index in [9.17, 15) is 9.18 Å². The summed E-state index contributed by atoms with van der Waals surface area (Å²) in [6.45, 7) is 3.64. The molecule has 6 heteroatoms. The maximum atomic E-state index is 12.9. The molecule has 0 radical (unpaired) electrons. The molecule has 1 saturated heterocycles. The quantitative estimate of drug-likeness (QED) is 0.646. The van der Waals surface area contributed by atoms with E-state index in [0.29, 0.717) is 32.0 Å².